The largest absolute Gasteiger partial charge is 0.504 e. The summed E-state index contributed by atoms with van der Waals surface area (Å²) in [7, 11) is 1.45. The summed E-state index contributed by atoms with van der Waals surface area (Å²) in [5.74, 6) is -0.695. The van der Waals surface area contributed by atoms with E-state index in [1.54, 1.807) is 12.1 Å². The zero-order valence-electron chi connectivity index (χ0n) is 8.88. The van der Waals surface area contributed by atoms with Gasteiger partial charge in [-0.15, -0.1) is 11.3 Å². The average Bonchev–Trinajstić information content (AvgIpc) is 2.79. The zero-order chi connectivity index (χ0) is 12.4. The summed E-state index contributed by atoms with van der Waals surface area (Å²) in [5.41, 5.74) is 0.717. The van der Waals surface area contributed by atoms with Gasteiger partial charge in [0.15, 0.2) is 17.2 Å². The summed E-state index contributed by atoms with van der Waals surface area (Å²) in [4.78, 5) is 14.7. The van der Waals surface area contributed by atoms with Crippen molar-refractivity contribution in [1.29, 1.82) is 0 Å². The molecule has 0 aliphatic heterocycles. The smallest absolute Gasteiger partial charge is 0.355 e. The molecule has 0 atom stereocenters. The number of carbonyl (C=O) groups is 1. The van der Waals surface area contributed by atoms with Gasteiger partial charge in [0.05, 0.1) is 7.11 Å². The number of aromatic carboxylic acids is 1. The van der Waals surface area contributed by atoms with Gasteiger partial charge in [-0.05, 0) is 18.2 Å². The van der Waals surface area contributed by atoms with E-state index in [0.717, 1.165) is 0 Å². The van der Waals surface area contributed by atoms with Gasteiger partial charge in [0.2, 0.25) is 0 Å². The molecule has 0 aliphatic carbocycles. The highest BCUT2D eigenvalue weighted by molar-refractivity contribution is 7.13. The number of carboxylic acid groups (broad SMARTS) is 1. The zero-order valence-corrected chi connectivity index (χ0v) is 9.69. The molecule has 1 heterocycles. The number of rotatable bonds is 3. The monoisotopic (exact) mass is 251 g/mol. The summed E-state index contributed by atoms with van der Waals surface area (Å²) in [5, 5.41) is 20.2. The van der Waals surface area contributed by atoms with Gasteiger partial charge in [-0.1, -0.05) is 0 Å². The van der Waals surface area contributed by atoms with Crippen LogP contribution < -0.4 is 4.74 Å². The molecule has 0 spiro atoms. The number of methoxy groups -OCH3 is 1. The molecule has 0 amide bonds. The molecule has 0 bridgehead atoms. The van der Waals surface area contributed by atoms with Gasteiger partial charge in [0.1, 0.15) is 5.01 Å². The van der Waals surface area contributed by atoms with Crippen LogP contribution in [0.5, 0.6) is 11.5 Å². The van der Waals surface area contributed by atoms with Crippen LogP contribution in [0.15, 0.2) is 23.6 Å². The number of benzene rings is 1. The van der Waals surface area contributed by atoms with Gasteiger partial charge in [-0.2, -0.15) is 0 Å². The minimum atomic E-state index is -1.06. The minimum Gasteiger partial charge on any atom is -0.504 e. The summed E-state index contributed by atoms with van der Waals surface area (Å²) in [6.45, 7) is 0. The highest BCUT2D eigenvalue weighted by Gasteiger charge is 2.11. The predicted octanol–water partition coefficient (Wildman–Crippen LogP) is 2.22. The number of aromatic nitrogens is 1. The molecular weight excluding hydrogens is 242 g/mol. The fourth-order valence-electron chi connectivity index (χ4n) is 1.32. The molecule has 2 N–H and O–H groups in total. The van der Waals surface area contributed by atoms with Gasteiger partial charge in [-0.3, -0.25) is 0 Å². The number of nitrogens with zero attached hydrogens (tertiary/aromatic N) is 1. The molecule has 88 valence electrons. The van der Waals surface area contributed by atoms with Crippen LogP contribution >= 0.6 is 11.3 Å². The molecule has 0 radical (unpaired) electrons. The van der Waals surface area contributed by atoms with Crippen molar-refractivity contribution in [3.63, 3.8) is 0 Å². The second-order valence-corrected chi connectivity index (χ2v) is 4.09. The molecule has 0 aliphatic rings. The van der Waals surface area contributed by atoms with E-state index >= 15 is 0 Å². The molecule has 2 rings (SSSR count). The Balaban J connectivity index is 2.42. The molecule has 17 heavy (non-hydrogen) atoms. The third kappa shape index (κ3) is 2.21. The number of hydrogen-bond donors (Lipinski definition) is 2. The lowest BCUT2D eigenvalue weighted by Gasteiger charge is -2.04. The van der Waals surface area contributed by atoms with E-state index in [9.17, 15) is 9.90 Å². The summed E-state index contributed by atoms with van der Waals surface area (Å²) in [6, 6.07) is 4.75. The van der Waals surface area contributed by atoms with Gasteiger partial charge in [-0.25, -0.2) is 9.78 Å². The maximum atomic E-state index is 10.7. The second-order valence-electron chi connectivity index (χ2n) is 3.23. The Kier molecular flexibility index (Phi) is 2.97. The Morgan fingerprint density at radius 2 is 2.24 bits per heavy atom. The Labute approximate surface area is 101 Å². The quantitative estimate of drug-likeness (QED) is 0.874. The second kappa shape index (κ2) is 4.42. The fourth-order valence-corrected chi connectivity index (χ4v) is 2.11. The Morgan fingerprint density at radius 1 is 1.47 bits per heavy atom. The lowest BCUT2D eigenvalue weighted by Crippen LogP contribution is -1.95. The highest BCUT2D eigenvalue weighted by Crippen LogP contribution is 2.32. The third-order valence-corrected chi connectivity index (χ3v) is 3.04. The highest BCUT2D eigenvalue weighted by atomic mass is 32.1. The van der Waals surface area contributed by atoms with Crippen molar-refractivity contribution in [3.8, 4) is 22.1 Å². The van der Waals surface area contributed by atoms with E-state index in [1.807, 2.05) is 0 Å². The van der Waals surface area contributed by atoms with Crippen molar-refractivity contribution in [2.45, 2.75) is 0 Å². The fraction of sp³-hybridized carbons (Fsp3) is 0.0909. The molecule has 0 saturated heterocycles. The number of ether oxygens (including phenoxy) is 1. The molecule has 5 nitrogen and oxygen atoms in total. The number of phenolic OH excluding ortho intramolecular Hbond substituents is 1. The van der Waals surface area contributed by atoms with Gasteiger partial charge < -0.3 is 14.9 Å². The first kappa shape index (κ1) is 11.4. The predicted molar refractivity (Wildman–Crippen MR) is 62.7 cm³/mol. The number of aromatic hydroxyl groups is 1. The van der Waals surface area contributed by atoms with E-state index in [0.29, 0.717) is 16.3 Å². The average molecular weight is 251 g/mol. The maximum Gasteiger partial charge on any atom is 0.355 e. The summed E-state index contributed by atoms with van der Waals surface area (Å²) >= 11 is 1.23. The van der Waals surface area contributed by atoms with Crippen molar-refractivity contribution in [3.05, 3.63) is 29.3 Å². The third-order valence-electron chi connectivity index (χ3n) is 2.15. The van der Waals surface area contributed by atoms with Crippen LogP contribution in [0, 0.1) is 0 Å². The van der Waals surface area contributed by atoms with Gasteiger partial charge in [0, 0.05) is 10.9 Å². The Hall–Kier alpha value is -2.08. The molecule has 2 aromatic rings. The van der Waals surface area contributed by atoms with E-state index in [4.69, 9.17) is 9.84 Å². The van der Waals surface area contributed by atoms with Crippen LogP contribution in [0.25, 0.3) is 10.6 Å². The van der Waals surface area contributed by atoms with Crippen molar-refractivity contribution >= 4 is 17.3 Å². The maximum absolute atomic E-state index is 10.7. The topological polar surface area (TPSA) is 79.7 Å². The van der Waals surface area contributed by atoms with Crippen LogP contribution in [-0.4, -0.2) is 28.3 Å². The lowest BCUT2D eigenvalue weighted by atomic mass is 10.2. The van der Waals surface area contributed by atoms with Crippen LogP contribution in [0.3, 0.4) is 0 Å². The van der Waals surface area contributed by atoms with E-state index < -0.39 is 5.97 Å². The van der Waals surface area contributed by atoms with Crippen molar-refractivity contribution in [2.75, 3.05) is 7.11 Å². The first-order valence-corrected chi connectivity index (χ1v) is 5.56. The van der Waals surface area contributed by atoms with Gasteiger partial charge in [0.25, 0.3) is 0 Å². The minimum absolute atomic E-state index is 0.0111. The molecule has 1 aromatic heterocycles. The number of phenols is 1. The van der Waals surface area contributed by atoms with Crippen molar-refractivity contribution in [2.24, 2.45) is 0 Å². The van der Waals surface area contributed by atoms with Crippen LogP contribution in [0.2, 0.25) is 0 Å². The van der Waals surface area contributed by atoms with E-state index in [2.05, 4.69) is 4.98 Å². The summed E-state index contributed by atoms with van der Waals surface area (Å²) < 4.78 is 4.97. The Bertz CT molecular complexity index is 564. The number of hydrogen-bond acceptors (Lipinski definition) is 5. The molecule has 1 aromatic carbocycles. The first-order valence-electron chi connectivity index (χ1n) is 4.68. The molecule has 0 saturated carbocycles. The van der Waals surface area contributed by atoms with Crippen molar-refractivity contribution in [1.82, 2.24) is 4.98 Å². The van der Waals surface area contributed by atoms with Crippen LogP contribution in [-0.2, 0) is 0 Å². The Morgan fingerprint density at radius 3 is 2.82 bits per heavy atom. The molecule has 0 fully saturated rings. The standard InChI is InChI=1S/C11H9NO4S/c1-16-9-4-6(2-3-8(9)13)10-12-7(5-17-10)11(14)15/h2-5,13H,1H3,(H,14,15). The van der Waals surface area contributed by atoms with Crippen molar-refractivity contribution < 1.29 is 19.7 Å². The normalized spacial score (nSPS) is 10.2. The number of carboxylic acids is 1. The molecular formula is C11H9NO4S. The number of thiazole rings is 1. The first-order chi connectivity index (χ1) is 8.11. The molecule has 0 unspecified atom stereocenters. The van der Waals surface area contributed by atoms with E-state index in [1.165, 1.54) is 29.9 Å². The van der Waals surface area contributed by atoms with Crippen LogP contribution in [0.4, 0.5) is 0 Å². The van der Waals surface area contributed by atoms with E-state index in [-0.39, 0.29) is 11.4 Å². The molecule has 6 heteroatoms. The summed E-state index contributed by atoms with van der Waals surface area (Å²) in [6.07, 6.45) is 0. The van der Waals surface area contributed by atoms with Crippen LogP contribution in [0.1, 0.15) is 10.5 Å². The SMILES string of the molecule is COc1cc(-c2nc(C(=O)O)cs2)ccc1O. The lowest BCUT2D eigenvalue weighted by molar-refractivity contribution is 0.0691. The van der Waals surface area contributed by atoms with Gasteiger partial charge >= 0.3 is 5.97 Å².